The van der Waals surface area contributed by atoms with Crippen molar-refractivity contribution in [1.29, 1.82) is 0 Å². The van der Waals surface area contributed by atoms with Crippen LogP contribution >= 0.6 is 0 Å². The van der Waals surface area contributed by atoms with Crippen molar-refractivity contribution in [2.45, 2.75) is 25.3 Å². The highest BCUT2D eigenvalue weighted by atomic mass is 19.1. The van der Waals surface area contributed by atoms with Crippen LogP contribution in [0.15, 0.2) is 48.5 Å². The Morgan fingerprint density at radius 3 is 2.23 bits per heavy atom. The Bertz CT molecular complexity index is 802. The fraction of sp³-hybridized carbons (Fsp3) is 0.300. The average molecular weight is 358 g/mol. The number of hydrogen-bond acceptors (Lipinski definition) is 2. The number of hydrogen-bond donors (Lipinski definition) is 1. The van der Waals surface area contributed by atoms with Crippen LogP contribution < -0.4 is 5.32 Å². The van der Waals surface area contributed by atoms with Crippen LogP contribution in [-0.2, 0) is 11.2 Å². The van der Waals surface area contributed by atoms with E-state index in [1.54, 1.807) is 35.2 Å². The number of halogens is 2. The molecule has 1 aliphatic heterocycles. The minimum absolute atomic E-state index is 0.0129. The summed E-state index contributed by atoms with van der Waals surface area (Å²) in [7, 11) is 0. The summed E-state index contributed by atoms with van der Waals surface area (Å²) >= 11 is 0. The number of amides is 2. The highest BCUT2D eigenvalue weighted by Crippen LogP contribution is 2.16. The third-order valence-corrected chi connectivity index (χ3v) is 4.56. The van der Waals surface area contributed by atoms with Gasteiger partial charge in [0.25, 0.3) is 5.91 Å². The molecule has 2 amide bonds. The molecule has 1 fully saturated rings. The van der Waals surface area contributed by atoms with E-state index in [9.17, 15) is 18.4 Å². The molecule has 1 N–H and O–H groups in total. The summed E-state index contributed by atoms with van der Waals surface area (Å²) < 4.78 is 27.4. The summed E-state index contributed by atoms with van der Waals surface area (Å²) in [5.41, 5.74) is 0.423. The molecule has 3 rings (SSSR count). The lowest BCUT2D eigenvalue weighted by atomic mass is 10.0. The van der Waals surface area contributed by atoms with Crippen molar-refractivity contribution in [3.8, 4) is 0 Å². The lowest BCUT2D eigenvalue weighted by Crippen LogP contribution is -2.47. The number of rotatable bonds is 4. The smallest absolute Gasteiger partial charge is 0.256 e. The van der Waals surface area contributed by atoms with Crippen molar-refractivity contribution >= 4 is 11.8 Å². The van der Waals surface area contributed by atoms with Crippen molar-refractivity contribution in [3.05, 3.63) is 71.3 Å². The molecule has 1 saturated heterocycles. The Hall–Kier alpha value is -2.76. The van der Waals surface area contributed by atoms with Gasteiger partial charge in [-0.3, -0.25) is 9.59 Å². The number of likely N-dealkylation sites (tertiary alicyclic amines) is 1. The van der Waals surface area contributed by atoms with E-state index in [4.69, 9.17) is 0 Å². The van der Waals surface area contributed by atoms with Gasteiger partial charge in [0.2, 0.25) is 5.91 Å². The van der Waals surface area contributed by atoms with Crippen LogP contribution in [0.5, 0.6) is 0 Å². The van der Waals surface area contributed by atoms with Crippen molar-refractivity contribution in [2.75, 3.05) is 13.1 Å². The molecular formula is C20H20F2N2O2. The van der Waals surface area contributed by atoms with Gasteiger partial charge in [-0.25, -0.2) is 8.78 Å². The number of nitrogens with zero attached hydrogens (tertiary/aromatic N) is 1. The van der Waals surface area contributed by atoms with Crippen LogP contribution in [0.1, 0.15) is 28.8 Å². The fourth-order valence-corrected chi connectivity index (χ4v) is 3.13. The van der Waals surface area contributed by atoms with Crippen LogP contribution in [0, 0.1) is 11.6 Å². The molecule has 6 heteroatoms. The van der Waals surface area contributed by atoms with Gasteiger partial charge in [0, 0.05) is 19.1 Å². The van der Waals surface area contributed by atoms with Gasteiger partial charge in [-0.2, -0.15) is 0 Å². The number of benzene rings is 2. The van der Waals surface area contributed by atoms with Crippen LogP contribution in [0.3, 0.4) is 0 Å². The molecule has 0 bridgehead atoms. The van der Waals surface area contributed by atoms with Crippen molar-refractivity contribution in [2.24, 2.45) is 0 Å². The maximum Gasteiger partial charge on any atom is 0.256 e. The standard InChI is InChI=1S/C20H20F2N2O2/c21-17-7-3-1-5-14(17)13-19(25)23-15-9-11-24(12-10-15)20(26)16-6-2-4-8-18(16)22/h1-8,15H,9-13H2,(H,23,25). The van der Waals surface area contributed by atoms with Gasteiger partial charge in [0.15, 0.2) is 0 Å². The predicted molar refractivity (Wildman–Crippen MR) is 93.6 cm³/mol. The summed E-state index contributed by atoms with van der Waals surface area (Å²) in [5, 5.41) is 2.89. The Labute approximate surface area is 150 Å². The molecule has 26 heavy (non-hydrogen) atoms. The first-order chi connectivity index (χ1) is 12.5. The highest BCUT2D eigenvalue weighted by Gasteiger charge is 2.26. The van der Waals surface area contributed by atoms with E-state index >= 15 is 0 Å². The third kappa shape index (κ3) is 4.25. The van der Waals surface area contributed by atoms with E-state index in [-0.39, 0.29) is 29.8 Å². The van der Waals surface area contributed by atoms with E-state index < -0.39 is 11.6 Å². The molecule has 2 aromatic rings. The van der Waals surface area contributed by atoms with Gasteiger partial charge < -0.3 is 10.2 Å². The maximum atomic E-state index is 13.7. The monoisotopic (exact) mass is 358 g/mol. The molecule has 0 unspecified atom stereocenters. The Kier molecular flexibility index (Phi) is 5.61. The average Bonchev–Trinajstić information content (AvgIpc) is 2.64. The van der Waals surface area contributed by atoms with Crippen molar-refractivity contribution in [3.63, 3.8) is 0 Å². The van der Waals surface area contributed by atoms with Crippen LogP contribution in [0.4, 0.5) is 8.78 Å². The van der Waals surface area contributed by atoms with Gasteiger partial charge in [-0.05, 0) is 36.6 Å². The molecule has 2 aromatic carbocycles. The van der Waals surface area contributed by atoms with E-state index in [1.165, 1.54) is 18.2 Å². The largest absolute Gasteiger partial charge is 0.353 e. The van der Waals surface area contributed by atoms with Gasteiger partial charge in [0.1, 0.15) is 11.6 Å². The van der Waals surface area contributed by atoms with Crippen LogP contribution in [0.25, 0.3) is 0 Å². The van der Waals surface area contributed by atoms with E-state index in [0.717, 1.165) is 0 Å². The third-order valence-electron chi connectivity index (χ3n) is 4.56. The molecule has 4 nitrogen and oxygen atoms in total. The molecule has 0 spiro atoms. The fourth-order valence-electron chi connectivity index (χ4n) is 3.13. The second-order valence-corrected chi connectivity index (χ2v) is 6.38. The molecule has 0 aliphatic carbocycles. The van der Waals surface area contributed by atoms with Crippen molar-refractivity contribution < 1.29 is 18.4 Å². The van der Waals surface area contributed by atoms with Gasteiger partial charge in [-0.1, -0.05) is 30.3 Å². The van der Waals surface area contributed by atoms with E-state index in [2.05, 4.69) is 5.32 Å². The van der Waals surface area contributed by atoms with E-state index in [0.29, 0.717) is 31.5 Å². The van der Waals surface area contributed by atoms with Gasteiger partial charge in [0.05, 0.1) is 12.0 Å². The zero-order chi connectivity index (χ0) is 18.5. The number of piperidine rings is 1. The highest BCUT2D eigenvalue weighted by molar-refractivity contribution is 5.94. The zero-order valence-corrected chi connectivity index (χ0v) is 14.3. The first kappa shape index (κ1) is 18.0. The lowest BCUT2D eigenvalue weighted by Gasteiger charge is -2.32. The molecule has 0 radical (unpaired) electrons. The summed E-state index contributed by atoms with van der Waals surface area (Å²) in [6.45, 7) is 0.885. The minimum Gasteiger partial charge on any atom is -0.353 e. The maximum absolute atomic E-state index is 13.7. The molecule has 0 atom stereocenters. The molecule has 0 aromatic heterocycles. The van der Waals surface area contributed by atoms with Crippen molar-refractivity contribution in [1.82, 2.24) is 10.2 Å². The van der Waals surface area contributed by atoms with Crippen LogP contribution in [-0.4, -0.2) is 35.8 Å². The quantitative estimate of drug-likeness (QED) is 0.914. The Morgan fingerprint density at radius 1 is 0.962 bits per heavy atom. The second-order valence-electron chi connectivity index (χ2n) is 6.38. The first-order valence-corrected chi connectivity index (χ1v) is 8.61. The Morgan fingerprint density at radius 2 is 1.58 bits per heavy atom. The number of nitrogens with one attached hydrogen (secondary N) is 1. The lowest BCUT2D eigenvalue weighted by molar-refractivity contribution is -0.121. The second kappa shape index (κ2) is 8.08. The number of carbonyl (C=O) groups excluding carboxylic acids is 2. The zero-order valence-electron chi connectivity index (χ0n) is 14.3. The topological polar surface area (TPSA) is 49.4 Å². The summed E-state index contributed by atoms with van der Waals surface area (Å²) in [6, 6.07) is 12.0. The normalized spacial score (nSPS) is 14.9. The summed E-state index contributed by atoms with van der Waals surface area (Å²) in [6.07, 6.45) is 1.16. The molecule has 1 heterocycles. The number of carbonyl (C=O) groups is 2. The van der Waals surface area contributed by atoms with Gasteiger partial charge in [-0.15, -0.1) is 0 Å². The Balaban J connectivity index is 1.51. The molecule has 0 saturated carbocycles. The molecule has 136 valence electrons. The predicted octanol–water partition coefficient (Wildman–Crippen LogP) is 2.93. The molecular weight excluding hydrogens is 338 g/mol. The first-order valence-electron chi connectivity index (χ1n) is 8.61. The summed E-state index contributed by atoms with van der Waals surface area (Å²) in [5.74, 6) is -1.50. The minimum atomic E-state index is -0.530. The van der Waals surface area contributed by atoms with Gasteiger partial charge >= 0.3 is 0 Å². The summed E-state index contributed by atoms with van der Waals surface area (Å²) in [4.78, 5) is 26.1. The van der Waals surface area contributed by atoms with Crippen LogP contribution in [0.2, 0.25) is 0 Å². The van der Waals surface area contributed by atoms with E-state index in [1.807, 2.05) is 0 Å². The molecule has 1 aliphatic rings. The SMILES string of the molecule is O=C(Cc1ccccc1F)NC1CCN(C(=O)c2ccccc2F)CC1.